The van der Waals surface area contributed by atoms with Crippen molar-refractivity contribution < 1.29 is 71.1 Å². The number of carboxylic acid groups (broad SMARTS) is 6. The monoisotopic (exact) mass is 1480 g/mol. The second kappa shape index (κ2) is 109. The van der Waals surface area contributed by atoms with E-state index < -0.39 is 48.6 Å². The molecule has 0 aliphatic rings. The molecule has 0 fully saturated rings. The largest absolute Gasteiger partial charge is 0.481 e. The summed E-state index contributed by atoms with van der Waals surface area (Å²) in [6, 6.07) is 0. The third-order valence-electron chi connectivity index (χ3n) is 18.4. The van der Waals surface area contributed by atoms with Gasteiger partial charge in [-0.1, -0.05) is 440 Å². The normalized spacial score (nSPS) is 11.3. The first kappa shape index (κ1) is 104. The molecule has 103 heavy (non-hydrogen) atoms. The minimum absolute atomic E-state index is 0. The van der Waals surface area contributed by atoms with E-state index in [1.54, 1.807) is 0 Å². The lowest BCUT2D eigenvalue weighted by molar-refractivity contribution is -0.138. The fourth-order valence-electron chi connectivity index (χ4n) is 11.8. The van der Waals surface area contributed by atoms with Crippen LogP contribution in [0.25, 0.3) is 0 Å². The van der Waals surface area contributed by atoms with Crippen LogP contribution in [0.3, 0.4) is 0 Å². The Morgan fingerprint density at radius 2 is 0.282 bits per heavy atom. The Morgan fingerprint density at radius 3 is 0.388 bits per heavy atom. The summed E-state index contributed by atoms with van der Waals surface area (Å²) in [4.78, 5) is 72.1. The molecule has 0 atom stereocenters. The van der Waals surface area contributed by atoms with Crippen molar-refractivity contribution in [2.24, 2.45) is 0 Å². The lowest BCUT2D eigenvalue weighted by atomic mass is 10.0. The highest BCUT2D eigenvalue weighted by molar-refractivity contribution is 5.75. The van der Waals surface area contributed by atoms with E-state index >= 15 is 0 Å². The lowest BCUT2D eigenvalue weighted by Gasteiger charge is -2.04. The van der Waals surface area contributed by atoms with E-state index in [9.17, 15) is 33.6 Å². The second-order valence-corrected chi connectivity index (χ2v) is 29.3. The van der Waals surface area contributed by atoms with Crippen LogP contribution in [0.4, 0.5) is 0 Å². The molecular weight excluding hydrogens is 1290 g/mol. The van der Waals surface area contributed by atoms with E-state index in [2.05, 4.69) is 48.5 Å². The van der Waals surface area contributed by atoms with Gasteiger partial charge in [-0.25, -0.2) is 0 Å². The third-order valence-corrected chi connectivity index (χ3v) is 18.4. The molecule has 6 N–H and O–H groups in total. The van der Waals surface area contributed by atoms with Crippen LogP contribution in [0.5, 0.6) is 0 Å². The fourth-order valence-corrected chi connectivity index (χ4v) is 11.8. The van der Waals surface area contributed by atoms with Crippen molar-refractivity contribution in [3.63, 3.8) is 0 Å². The number of ketones is 1. The Labute approximate surface area is 646 Å². The number of carbonyl (C=O) groups excluding carboxylic acids is 1. The van der Waals surface area contributed by atoms with E-state index in [1.165, 1.54) is 328 Å². The summed E-state index contributed by atoms with van der Waals surface area (Å²) in [6.07, 6.45) is 81.5. The van der Waals surface area contributed by atoms with Crippen LogP contribution in [0.1, 0.15) is 544 Å². The molecular formula is C90H182O13. The summed E-state index contributed by atoms with van der Waals surface area (Å²) in [5.74, 6) is -4.99. The molecule has 0 aromatic heterocycles. The zero-order chi connectivity index (χ0) is 81.7. The number of hydrogen-bond acceptors (Lipinski definition) is 7. The maximum absolute atomic E-state index is 10.9. The molecule has 0 bridgehead atoms. The molecule has 0 unspecified atom stereocenters. The number of aliphatic carboxylic acids is 6. The van der Waals surface area contributed by atoms with E-state index in [1.807, 2.05) is 0 Å². The van der Waals surface area contributed by atoms with Crippen LogP contribution in [-0.2, 0) is 33.6 Å². The van der Waals surface area contributed by atoms with Crippen molar-refractivity contribution in [2.75, 3.05) is 0 Å². The van der Waals surface area contributed by atoms with Gasteiger partial charge in [-0.05, 0) is 51.9 Å². The van der Waals surface area contributed by atoms with Gasteiger partial charge in [0.15, 0.2) is 0 Å². The van der Waals surface area contributed by atoms with Crippen molar-refractivity contribution >= 4 is 41.6 Å². The Hall–Kier alpha value is -3.51. The molecule has 0 amide bonds. The Balaban J connectivity index is -0.000000186. The summed E-state index contributed by atoms with van der Waals surface area (Å²) < 4.78 is 29.0. The first-order valence-electron chi connectivity index (χ1n) is 46.2. The first-order chi connectivity index (χ1) is 51.4. The van der Waals surface area contributed by atoms with Crippen LogP contribution in [0.2, 0.25) is 0 Å². The van der Waals surface area contributed by atoms with Crippen molar-refractivity contribution in [3.05, 3.63) is 0 Å². The van der Waals surface area contributed by atoms with Gasteiger partial charge >= 0.3 is 35.8 Å². The lowest BCUT2D eigenvalue weighted by Crippen LogP contribution is -1.93. The summed E-state index contributed by atoms with van der Waals surface area (Å²) in [6.45, 7) is 16.6. The highest BCUT2D eigenvalue weighted by atomic mass is 16.4. The fraction of sp³-hybridized carbons (Fsp3) is 0.922. The van der Waals surface area contributed by atoms with E-state index in [4.69, 9.17) is 36.1 Å². The number of carboxylic acids is 6. The molecule has 0 aliphatic carbocycles. The molecule has 13 heteroatoms. The summed E-state index contributed by atoms with van der Waals surface area (Å²) in [7, 11) is 0. The maximum atomic E-state index is 10.9. The summed E-state index contributed by atoms with van der Waals surface area (Å²) in [5, 5.41) is 50.4. The zero-order valence-electron chi connectivity index (χ0n) is 73.7. The molecule has 0 saturated heterocycles. The quantitative estimate of drug-likeness (QED) is 0.0246. The molecule has 0 aliphatic heterocycles. The minimum atomic E-state index is -2.03. The highest BCUT2D eigenvalue weighted by Crippen LogP contribution is 2.18. The Bertz CT molecular complexity index is 1800. The van der Waals surface area contributed by atoms with Crippen LogP contribution >= 0.6 is 0 Å². The summed E-state index contributed by atoms with van der Waals surface area (Å²) >= 11 is 0. The minimum Gasteiger partial charge on any atom is -0.481 e. The van der Waals surface area contributed by atoms with Gasteiger partial charge in [-0.2, -0.15) is 0 Å². The molecule has 0 spiro atoms. The Kier molecular flexibility index (Phi) is 110. The molecule has 13 nitrogen and oxygen atoms in total. The molecule has 0 heterocycles. The molecule has 620 valence electrons. The number of carbonyl (C=O) groups is 7. The van der Waals surface area contributed by atoms with E-state index in [-0.39, 0.29) is 13.6 Å². The van der Waals surface area contributed by atoms with Crippen molar-refractivity contribution in [3.8, 4) is 0 Å². The van der Waals surface area contributed by atoms with Crippen molar-refractivity contribution in [2.45, 2.75) is 537 Å². The highest BCUT2D eigenvalue weighted by Gasteiger charge is 2.03. The zero-order valence-corrected chi connectivity index (χ0v) is 69.7. The van der Waals surface area contributed by atoms with Crippen LogP contribution < -0.4 is 0 Å². The van der Waals surface area contributed by atoms with Gasteiger partial charge in [-0.3, -0.25) is 28.8 Å². The predicted molar refractivity (Wildman–Crippen MR) is 445 cm³/mol. The summed E-state index contributed by atoms with van der Waals surface area (Å²) in [5.41, 5.74) is 0. The van der Waals surface area contributed by atoms with E-state index in [0.717, 1.165) is 96.3 Å². The molecule has 0 saturated carbocycles. The van der Waals surface area contributed by atoms with Crippen LogP contribution in [0.15, 0.2) is 0 Å². The number of hydrogen-bond donors (Lipinski definition) is 6. The maximum Gasteiger partial charge on any atom is 0.303 e. The van der Waals surface area contributed by atoms with Gasteiger partial charge < -0.3 is 35.4 Å². The first-order valence-corrected chi connectivity index (χ1v) is 44.2. The molecule has 0 rings (SSSR count). The smallest absolute Gasteiger partial charge is 0.303 e. The molecule has 0 aromatic rings. The van der Waals surface area contributed by atoms with Gasteiger partial charge in [0.2, 0.25) is 0 Å². The topological polar surface area (TPSA) is 241 Å². The van der Waals surface area contributed by atoms with Crippen LogP contribution in [-0.4, -0.2) is 72.2 Å². The van der Waals surface area contributed by atoms with Gasteiger partial charge in [0.1, 0.15) is 5.78 Å². The van der Waals surface area contributed by atoms with E-state index in [0.29, 0.717) is 44.9 Å². The van der Waals surface area contributed by atoms with Gasteiger partial charge in [0.05, 0.1) is 0 Å². The number of rotatable bonds is 75. The average molecular weight is 1480 g/mol. The van der Waals surface area contributed by atoms with Gasteiger partial charge in [0.25, 0.3) is 0 Å². The standard InChI is InChI=1S/C23H46O2.C22H44O2.C11H22O.C10H20O2.3C8H16O2.H2/c1-2-3-4-5-6-7-8-9-10-11-12-13-14-15-16-17-18-19-20-21-22-23(24)25;1-2-3-4-5-6-7-8-9-10-11-12-13-14-15-16-17-18-19-20-21-22(23)24;1-3-4-5-6-7-8-9-10-11(2)12;1-2-3-4-5-6-7-8-9-10(11)12;3*1-2-3-4-5-6-7-8(9)10;/h2-22H2,1H3,(H,24,25);2-21H2,1H3,(H,23,24);3-10H2,1-2H3;2-9H2,1H3,(H,11,12);3*2-7H2,1H3,(H,9,10);1H/i;;10D2;;7+1;7D2;;. The second-order valence-electron chi connectivity index (χ2n) is 29.3. The van der Waals surface area contributed by atoms with Gasteiger partial charge in [0, 0.05) is 51.8 Å². The number of Topliss-reactive ketones (excluding diaryl/α,β-unsaturated/α-hetero) is 1. The van der Waals surface area contributed by atoms with Crippen molar-refractivity contribution in [1.82, 2.24) is 0 Å². The predicted octanol–water partition coefficient (Wildman–Crippen LogP) is 30.6. The third kappa shape index (κ3) is 149. The molecule has 0 aromatic carbocycles. The SMILES string of the molecule is CCCCCCCC(=O)O.CCCCCCCCCC(=O)O.CCCCCCCCCCCCCCCCCCCCCC(=O)O.CCCCCCCCCCCCCCCCCCCCCCC(=O)O.CCCCCC[13CH2]C(=O)O.[2H]C([2H])(CCCCCC)C(=O)O.[2H]C([2H])(CCCCCCCC)C(C)=O.[HH]. The van der Waals surface area contributed by atoms with Crippen LogP contribution in [0, 0.1) is 0 Å². The number of unbranched alkanes of at least 4 members (excludes halogenated alkanes) is 59. The molecule has 0 radical (unpaired) electrons. The van der Waals surface area contributed by atoms with Gasteiger partial charge in [-0.15, -0.1) is 0 Å². The Morgan fingerprint density at radius 1 is 0.175 bits per heavy atom. The average Bonchev–Trinajstić information content (AvgIpc) is 0.918. The van der Waals surface area contributed by atoms with Crippen molar-refractivity contribution in [1.29, 1.82) is 0 Å².